The normalized spacial score (nSPS) is 28.9. The summed E-state index contributed by atoms with van der Waals surface area (Å²) in [5.41, 5.74) is 0.311. The maximum atomic E-state index is 3.65. The van der Waals surface area contributed by atoms with E-state index in [-0.39, 0.29) is 0 Å². The summed E-state index contributed by atoms with van der Waals surface area (Å²) >= 11 is 0. The third-order valence-electron chi connectivity index (χ3n) is 4.11. The molecule has 1 saturated carbocycles. The highest BCUT2D eigenvalue weighted by atomic mass is 15.2. The Bertz CT molecular complexity index is 207. The molecule has 2 aliphatic rings. The first kappa shape index (κ1) is 12.4. The summed E-state index contributed by atoms with van der Waals surface area (Å²) in [7, 11) is 0. The van der Waals surface area contributed by atoms with Crippen LogP contribution in [0.3, 0.4) is 0 Å². The molecule has 0 bridgehead atoms. The van der Waals surface area contributed by atoms with Crippen LogP contribution in [0.2, 0.25) is 0 Å². The molecule has 0 aromatic carbocycles. The average Bonchev–Trinajstić information content (AvgIpc) is 2.40. The monoisotopic (exact) mass is 224 g/mol. The highest BCUT2D eigenvalue weighted by Crippen LogP contribution is 2.25. The molecule has 2 nitrogen and oxygen atoms in total. The Morgan fingerprint density at radius 2 is 1.88 bits per heavy atom. The van der Waals surface area contributed by atoms with Gasteiger partial charge in [0.1, 0.15) is 0 Å². The lowest BCUT2D eigenvalue weighted by Gasteiger charge is -2.33. The smallest absolute Gasteiger partial charge is 0.0252 e. The van der Waals surface area contributed by atoms with E-state index in [1.54, 1.807) is 0 Å². The molecule has 0 spiro atoms. The van der Waals surface area contributed by atoms with Crippen LogP contribution >= 0.6 is 0 Å². The van der Waals surface area contributed by atoms with E-state index in [1.807, 2.05) is 0 Å². The van der Waals surface area contributed by atoms with Crippen molar-refractivity contribution < 1.29 is 0 Å². The van der Waals surface area contributed by atoms with Crippen LogP contribution in [0.5, 0.6) is 0 Å². The topological polar surface area (TPSA) is 15.3 Å². The average molecular weight is 224 g/mol. The lowest BCUT2D eigenvalue weighted by atomic mass is 9.88. The lowest BCUT2D eigenvalue weighted by molar-refractivity contribution is 0.178. The van der Waals surface area contributed by atoms with Gasteiger partial charge in [0, 0.05) is 18.6 Å². The van der Waals surface area contributed by atoms with Gasteiger partial charge < -0.3 is 10.2 Å². The van der Waals surface area contributed by atoms with Crippen molar-refractivity contribution in [1.82, 2.24) is 10.2 Å². The summed E-state index contributed by atoms with van der Waals surface area (Å²) < 4.78 is 0. The van der Waals surface area contributed by atoms with E-state index in [0.717, 1.165) is 5.92 Å². The second-order valence-corrected chi connectivity index (χ2v) is 6.40. The molecule has 0 aromatic heterocycles. The molecule has 16 heavy (non-hydrogen) atoms. The fourth-order valence-corrected chi connectivity index (χ4v) is 3.31. The van der Waals surface area contributed by atoms with Crippen LogP contribution in [0, 0.1) is 5.92 Å². The Labute approximate surface area is 101 Å². The van der Waals surface area contributed by atoms with Crippen LogP contribution in [0.15, 0.2) is 0 Å². The largest absolute Gasteiger partial charge is 0.310 e. The molecule has 2 rings (SSSR count). The molecule has 1 N–H and O–H groups in total. The molecule has 0 unspecified atom stereocenters. The summed E-state index contributed by atoms with van der Waals surface area (Å²) in [4.78, 5) is 2.70. The Morgan fingerprint density at radius 3 is 2.62 bits per heavy atom. The fourth-order valence-electron chi connectivity index (χ4n) is 3.31. The zero-order chi connectivity index (χ0) is 11.4. The van der Waals surface area contributed by atoms with Crippen molar-refractivity contribution in [2.24, 2.45) is 5.92 Å². The summed E-state index contributed by atoms with van der Waals surface area (Å²) in [5, 5.41) is 3.65. The van der Waals surface area contributed by atoms with Crippen molar-refractivity contribution in [3.63, 3.8) is 0 Å². The van der Waals surface area contributed by atoms with Crippen molar-refractivity contribution in [1.29, 1.82) is 0 Å². The van der Waals surface area contributed by atoms with Crippen molar-refractivity contribution in [3.05, 3.63) is 0 Å². The molecule has 1 heterocycles. The van der Waals surface area contributed by atoms with Gasteiger partial charge in [-0.25, -0.2) is 0 Å². The Morgan fingerprint density at radius 1 is 1.12 bits per heavy atom. The Kier molecular flexibility index (Phi) is 4.26. The van der Waals surface area contributed by atoms with Crippen LogP contribution < -0.4 is 5.32 Å². The van der Waals surface area contributed by atoms with Gasteiger partial charge in [-0.1, -0.05) is 19.3 Å². The van der Waals surface area contributed by atoms with Gasteiger partial charge in [-0.05, 0) is 52.1 Å². The minimum atomic E-state index is 0.311. The van der Waals surface area contributed by atoms with Gasteiger partial charge in [-0.2, -0.15) is 0 Å². The second-order valence-electron chi connectivity index (χ2n) is 6.40. The Hall–Kier alpha value is -0.0800. The second kappa shape index (κ2) is 5.50. The highest BCUT2D eigenvalue weighted by molar-refractivity contribution is 4.85. The van der Waals surface area contributed by atoms with Gasteiger partial charge in [-0.15, -0.1) is 0 Å². The van der Waals surface area contributed by atoms with Crippen LogP contribution in [-0.2, 0) is 0 Å². The molecular formula is C14H28N2. The zero-order valence-electron chi connectivity index (χ0n) is 11.1. The lowest BCUT2D eigenvalue weighted by Crippen LogP contribution is -2.47. The maximum absolute atomic E-state index is 3.65. The molecule has 1 aliphatic carbocycles. The molecule has 1 aliphatic heterocycles. The van der Waals surface area contributed by atoms with E-state index >= 15 is 0 Å². The summed E-state index contributed by atoms with van der Waals surface area (Å²) in [6.07, 6.45) is 8.69. The molecule has 0 atom stereocenters. The van der Waals surface area contributed by atoms with E-state index < -0.39 is 0 Å². The molecule has 94 valence electrons. The van der Waals surface area contributed by atoms with Crippen LogP contribution in [0.4, 0.5) is 0 Å². The molecule has 2 heteroatoms. The maximum Gasteiger partial charge on any atom is 0.0252 e. The summed E-state index contributed by atoms with van der Waals surface area (Å²) in [6, 6.07) is 0. The predicted molar refractivity (Wildman–Crippen MR) is 69.7 cm³/mol. The first-order valence-electron chi connectivity index (χ1n) is 7.13. The minimum Gasteiger partial charge on any atom is -0.310 e. The van der Waals surface area contributed by atoms with Crippen LogP contribution in [0.25, 0.3) is 0 Å². The molecular weight excluding hydrogens is 196 g/mol. The van der Waals surface area contributed by atoms with Gasteiger partial charge in [-0.3, -0.25) is 0 Å². The first-order chi connectivity index (χ1) is 7.66. The van der Waals surface area contributed by atoms with Crippen molar-refractivity contribution in [3.8, 4) is 0 Å². The molecule has 0 amide bonds. The van der Waals surface area contributed by atoms with Gasteiger partial charge in [0.25, 0.3) is 0 Å². The number of hydrogen-bond acceptors (Lipinski definition) is 2. The number of nitrogens with zero attached hydrogens (tertiary/aromatic N) is 1. The van der Waals surface area contributed by atoms with E-state index in [2.05, 4.69) is 24.1 Å². The highest BCUT2D eigenvalue weighted by Gasteiger charge is 2.25. The zero-order valence-corrected chi connectivity index (χ0v) is 11.1. The molecule has 2 fully saturated rings. The molecule has 1 saturated heterocycles. The minimum absolute atomic E-state index is 0.311. The van der Waals surface area contributed by atoms with Crippen molar-refractivity contribution >= 4 is 0 Å². The van der Waals surface area contributed by atoms with Crippen LogP contribution in [-0.4, -0.2) is 36.6 Å². The van der Waals surface area contributed by atoms with Crippen molar-refractivity contribution in [2.45, 2.75) is 57.9 Å². The van der Waals surface area contributed by atoms with Crippen LogP contribution in [0.1, 0.15) is 52.4 Å². The SMILES string of the molecule is CC1(C)CN(CC2CCCCC2)CCCN1. The van der Waals surface area contributed by atoms with Gasteiger partial charge in [0.05, 0.1) is 0 Å². The van der Waals surface area contributed by atoms with E-state index in [1.165, 1.54) is 64.7 Å². The number of rotatable bonds is 2. The third-order valence-corrected chi connectivity index (χ3v) is 4.11. The Balaban J connectivity index is 1.82. The fraction of sp³-hybridized carbons (Fsp3) is 1.00. The standard InChI is InChI=1S/C14H28N2/c1-14(2)12-16(10-6-9-15-14)11-13-7-4-3-5-8-13/h13,15H,3-12H2,1-2H3. The van der Waals surface area contributed by atoms with Gasteiger partial charge >= 0.3 is 0 Å². The van der Waals surface area contributed by atoms with E-state index in [4.69, 9.17) is 0 Å². The number of nitrogens with one attached hydrogen (secondary N) is 1. The summed E-state index contributed by atoms with van der Waals surface area (Å²) in [6.45, 7) is 9.74. The molecule has 0 aromatic rings. The number of hydrogen-bond donors (Lipinski definition) is 1. The summed E-state index contributed by atoms with van der Waals surface area (Å²) in [5.74, 6) is 0.989. The van der Waals surface area contributed by atoms with E-state index in [9.17, 15) is 0 Å². The van der Waals surface area contributed by atoms with E-state index in [0.29, 0.717) is 5.54 Å². The van der Waals surface area contributed by atoms with Crippen molar-refractivity contribution in [2.75, 3.05) is 26.2 Å². The predicted octanol–water partition coefficient (Wildman–Crippen LogP) is 2.64. The quantitative estimate of drug-likeness (QED) is 0.776. The van der Waals surface area contributed by atoms with Gasteiger partial charge in [0.15, 0.2) is 0 Å². The first-order valence-corrected chi connectivity index (χ1v) is 7.13. The third kappa shape index (κ3) is 3.74. The van der Waals surface area contributed by atoms with Gasteiger partial charge in [0.2, 0.25) is 0 Å². The molecule has 0 radical (unpaired) electrons.